The third-order valence-corrected chi connectivity index (χ3v) is 9.63. The second-order valence-electron chi connectivity index (χ2n) is 14.7. The Bertz CT molecular complexity index is 1410. The van der Waals surface area contributed by atoms with Crippen LogP contribution >= 0.6 is 0 Å². The van der Waals surface area contributed by atoms with Gasteiger partial charge in [0.2, 0.25) is 24.1 Å². The number of Topliss-reactive ketones (excluding diaryl/α,β-unsaturated/α-hetero) is 1. The van der Waals surface area contributed by atoms with E-state index in [0.29, 0.717) is 38.7 Å². The summed E-state index contributed by atoms with van der Waals surface area (Å²) in [6, 6.07) is 16.4. The number of ether oxygens (including phenoxy) is 2. The molecule has 6 atom stereocenters. The van der Waals surface area contributed by atoms with Crippen LogP contribution < -0.4 is 21.3 Å². The van der Waals surface area contributed by atoms with Crippen LogP contribution in [0.4, 0.5) is 0 Å². The van der Waals surface area contributed by atoms with Gasteiger partial charge in [0.15, 0.2) is 5.78 Å². The van der Waals surface area contributed by atoms with Crippen molar-refractivity contribution in [3.8, 4) is 0 Å². The minimum absolute atomic E-state index is 0.159. The van der Waals surface area contributed by atoms with Crippen molar-refractivity contribution in [2.45, 2.75) is 111 Å². The average molecular weight is 752 g/mol. The lowest BCUT2D eigenvalue weighted by molar-refractivity contribution is -0.135. The molecule has 2 aliphatic rings. The second-order valence-corrected chi connectivity index (χ2v) is 14.7. The molecule has 4 N–H and O–H groups in total. The van der Waals surface area contributed by atoms with E-state index in [0.717, 1.165) is 31.9 Å². The van der Waals surface area contributed by atoms with Gasteiger partial charge in [-0.15, -0.1) is 0 Å². The van der Waals surface area contributed by atoms with Crippen molar-refractivity contribution in [3.05, 3.63) is 71.8 Å². The largest absolute Gasteiger partial charge is 0.379 e. The van der Waals surface area contributed by atoms with Crippen LogP contribution in [0.5, 0.6) is 0 Å². The average Bonchev–Trinajstić information content (AvgIpc) is 3.93. The number of aryl methyl sites for hydroxylation is 2. The SMILES string of the molecule is CCC(C)C(NC(=O)[C@H](CCc1ccccc1)NC=O)C(=O)NC(C)C(=O)NC(CC(C)C)C(=O)C1(C)CO1.CCN1CCOCC1.Cc1ccccc1. The summed E-state index contributed by atoms with van der Waals surface area (Å²) >= 11 is 0. The van der Waals surface area contributed by atoms with Gasteiger partial charge in [0.05, 0.1) is 25.9 Å². The van der Waals surface area contributed by atoms with Crippen LogP contribution in [0, 0.1) is 18.8 Å². The highest BCUT2D eigenvalue weighted by atomic mass is 16.6. The van der Waals surface area contributed by atoms with Gasteiger partial charge in [-0.2, -0.15) is 0 Å². The first-order chi connectivity index (χ1) is 25.7. The number of amides is 4. The zero-order chi connectivity index (χ0) is 40.1. The zero-order valence-corrected chi connectivity index (χ0v) is 33.7. The van der Waals surface area contributed by atoms with Crippen molar-refractivity contribution < 1.29 is 33.4 Å². The summed E-state index contributed by atoms with van der Waals surface area (Å²) in [5, 5.41) is 10.8. The van der Waals surface area contributed by atoms with Gasteiger partial charge < -0.3 is 30.7 Å². The highest BCUT2D eigenvalue weighted by Crippen LogP contribution is 2.29. The molecule has 300 valence electrons. The summed E-state index contributed by atoms with van der Waals surface area (Å²) in [6.07, 6.45) is 2.44. The first kappa shape index (κ1) is 46.0. The number of ketones is 1. The maximum Gasteiger partial charge on any atom is 0.243 e. The molecule has 2 fully saturated rings. The predicted octanol–water partition coefficient (Wildman–Crippen LogP) is 3.99. The topological polar surface area (TPSA) is 158 Å². The quantitative estimate of drug-likeness (QED) is 0.132. The number of benzene rings is 2. The molecule has 0 bridgehead atoms. The molecule has 12 heteroatoms. The molecule has 4 amide bonds. The van der Waals surface area contributed by atoms with Crippen LogP contribution in [0.25, 0.3) is 0 Å². The number of nitrogens with one attached hydrogen (secondary N) is 4. The van der Waals surface area contributed by atoms with Crippen LogP contribution in [0.15, 0.2) is 60.7 Å². The monoisotopic (exact) mass is 751 g/mol. The summed E-state index contributed by atoms with van der Waals surface area (Å²) in [5.74, 6) is -1.75. The maximum absolute atomic E-state index is 13.2. The Kier molecular flexibility index (Phi) is 20.7. The van der Waals surface area contributed by atoms with Crippen LogP contribution in [0.1, 0.15) is 78.9 Å². The lowest BCUT2D eigenvalue weighted by Gasteiger charge is -2.28. The van der Waals surface area contributed by atoms with E-state index in [2.05, 4.69) is 52.1 Å². The fourth-order valence-electron chi connectivity index (χ4n) is 5.72. The van der Waals surface area contributed by atoms with Gasteiger partial charge in [-0.3, -0.25) is 28.9 Å². The molecule has 0 radical (unpaired) electrons. The van der Waals surface area contributed by atoms with Gasteiger partial charge in [0.25, 0.3) is 0 Å². The first-order valence-electron chi connectivity index (χ1n) is 19.4. The van der Waals surface area contributed by atoms with Crippen molar-refractivity contribution in [2.75, 3.05) is 39.5 Å². The summed E-state index contributed by atoms with van der Waals surface area (Å²) < 4.78 is 10.4. The van der Waals surface area contributed by atoms with Crippen molar-refractivity contribution in [3.63, 3.8) is 0 Å². The minimum atomic E-state index is -0.946. The molecule has 2 aliphatic heterocycles. The number of morpholine rings is 1. The number of hydrogen-bond acceptors (Lipinski definition) is 8. The molecular weight excluding hydrogens is 686 g/mol. The molecule has 2 heterocycles. The number of likely N-dealkylation sites (N-methyl/N-ethyl adjacent to an activating group) is 1. The zero-order valence-electron chi connectivity index (χ0n) is 33.7. The molecule has 0 spiro atoms. The molecule has 54 heavy (non-hydrogen) atoms. The van der Waals surface area contributed by atoms with E-state index in [4.69, 9.17) is 9.47 Å². The van der Waals surface area contributed by atoms with Crippen LogP contribution in [0.2, 0.25) is 0 Å². The second kappa shape index (κ2) is 24.3. The van der Waals surface area contributed by atoms with E-state index in [1.807, 2.05) is 76.2 Å². The number of carbonyl (C=O) groups excluding carboxylic acids is 5. The van der Waals surface area contributed by atoms with Gasteiger partial charge in [-0.1, -0.05) is 107 Å². The summed E-state index contributed by atoms with van der Waals surface area (Å²) in [6.45, 7) is 20.7. The molecule has 2 aromatic carbocycles. The van der Waals surface area contributed by atoms with Crippen LogP contribution in [0.3, 0.4) is 0 Å². The molecule has 2 aromatic rings. The van der Waals surface area contributed by atoms with E-state index >= 15 is 0 Å². The molecule has 4 rings (SSSR count). The highest BCUT2D eigenvalue weighted by molar-refractivity contribution is 5.98. The molecule has 5 unspecified atom stereocenters. The van der Waals surface area contributed by atoms with E-state index in [9.17, 15) is 24.0 Å². The summed E-state index contributed by atoms with van der Waals surface area (Å²) in [4.78, 5) is 65.7. The minimum Gasteiger partial charge on any atom is -0.379 e. The Balaban J connectivity index is 0.000000548. The maximum atomic E-state index is 13.2. The third kappa shape index (κ3) is 16.9. The Morgan fingerprint density at radius 3 is 1.89 bits per heavy atom. The fraction of sp³-hybridized carbons (Fsp3) is 0.595. The van der Waals surface area contributed by atoms with Crippen LogP contribution in [-0.2, 0) is 39.9 Å². The molecule has 12 nitrogen and oxygen atoms in total. The van der Waals surface area contributed by atoms with Crippen molar-refractivity contribution in [1.29, 1.82) is 0 Å². The van der Waals surface area contributed by atoms with E-state index < -0.39 is 47.5 Å². The molecule has 0 aromatic heterocycles. The molecule has 2 saturated heterocycles. The Morgan fingerprint density at radius 2 is 1.43 bits per heavy atom. The number of epoxide rings is 1. The fourth-order valence-corrected chi connectivity index (χ4v) is 5.72. The highest BCUT2D eigenvalue weighted by Gasteiger charge is 2.50. The predicted molar refractivity (Wildman–Crippen MR) is 212 cm³/mol. The van der Waals surface area contributed by atoms with E-state index in [1.54, 1.807) is 6.92 Å². The normalized spacial score (nSPS) is 19.1. The summed E-state index contributed by atoms with van der Waals surface area (Å²) in [7, 11) is 0. The molecule has 0 saturated carbocycles. The Labute approximate surface area is 322 Å². The number of rotatable bonds is 18. The Morgan fingerprint density at radius 1 is 0.833 bits per heavy atom. The number of hydrogen-bond donors (Lipinski definition) is 4. The van der Waals surface area contributed by atoms with E-state index in [-0.39, 0.29) is 17.6 Å². The van der Waals surface area contributed by atoms with Gasteiger partial charge in [0, 0.05) is 13.1 Å². The lowest BCUT2D eigenvalue weighted by Crippen LogP contribution is -2.58. The van der Waals surface area contributed by atoms with Crippen molar-refractivity contribution >= 4 is 29.9 Å². The van der Waals surface area contributed by atoms with Crippen LogP contribution in [-0.4, -0.2) is 104 Å². The van der Waals surface area contributed by atoms with Gasteiger partial charge in [0.1, 0.15) is 23.7 Å². The third-order valence-electron chi connectivity index (χ3n) is 9.63. The Hall–Kier alpha value is -4.13. The van der Waals surface area contributed by atoms with Crippen molar-refractivity contribution in [1.82, 2.24) is 26.2 Å². The number of nitrogens with zero attached hydrogens (tertiary/aromatic N) is 1. The van der Waals surface area contributed by atoms with Gasteiger partial charge in [-0.25, -0.2) is 0 Å². The van der Waals surface area contributed by atoms with Crippen molar-refractivity contribution in [2.24, 2.45) is 11.8 Å². The molecular formula is C42H65N5O7. The summed E-state index contributed by atoms with van der Waals surface area (Å²) in [5.41, 5.74) is 1.47. The van der Waals surface area contributed by atoms with Gasteiger partial charge in [-0.05, 0) is 64.0 Å². The smallest absolute Gasteiger partial charge is 0.243 e. The van der Waals surface area contributed by atoms with Gasteiger partial charge >= 0.3 is 0 Å². The van der Waals surface area contributed by atoms with E-state index in [1.165, 1.54) is 19.0 Å². The number of carbonyl (C=O) groups is 5. The molecule has 0 aliphatic carbocycles. The standard InChI is InChI=1S/C29H44N4O6.C7H8.C6H13NO/c1-7-19(4)24(33-27(37)22(30-17-34)14-13-21-11-9-8-10-12-21)28(38)31-20(5)26(36)32-23(15-18(2)3)25(35)29(6)16-39-29;1-7-5-3-2-4-6-7;1-2-7-3-5-8-6-4-7/h8-12,17-20,22-24H,7,13-16H2,1-6H3,(H,30,34)(H,31,38)(H,32,36)(H,33,37);2-6H,1H3;2-6H2,1H3/t19?,20?,22-,23?,24?,29?;;/m0../s1. The first-order valence-corrected chi connectivity index (χ1v) is 19.4. The lowest BCUT2D eigenvalue weighted by atomic mass is 9.93.